The second kappa shape index (κ2) is 10.0. The molecule has 0 spiro atoms. The molecule has 3 aromatic carbocycles. The van der Waals surface area contributed by atoms with Gasteiger partial charge in [-0.05, 0) is 55.0 Å². The zero-order valence-electron chi connectivity index (χ0n) is 16.6. The lowest BCUT2D eigenvalue weighted by atomic mass is 10.1. The normalized spacial score (nSPS) is 11.1. The lowest BCUT2D eigenvalue weighted by Gasteiger charge is -2.10. The minimum absolute atomic E-state index is 0.0368. The SMILES string of the molecule is Cc1ccc(CNC(=O)COc2ccc(S(=O)(=O)Nc3ccc(Cl)c(Cl)c3)cc2)cc1. The van der Waals surface area contributed by atoms with Gasteiger partial charge >= 0.3 is 0 Å². The molecule has 0 aliphatic rings. The summed E-state index contributed by atoms with van der Waals surface area (Å²) in [5.74, 6) is 0.0949. The molecule has 0 aliphatic heterocycles. The number of amides is 1. The minimum atomic E-state index is -3.82. The van der Waals surface area contributed by atoms with Crippen LogP contribution in [0.15, 0.2) is 71.6 Å². The van der Waals surface area contributed by atoms with E-state index < -0.39 is 10.0 Å². The molecule has 31 heavy (non-hydrogen) atoms. The summed E-state index contributed by atoms with van der Waals surface area (Å²) < 4.78 is 32.9. The summed E-state index contributed by atoms with van der Waals surface area (Å²) in [6.07, 6.45) is 0. The van der Waals surface area contributed by atoms with E-state index in [1.807, 2.05) is 31.2 Å². The molecule has 9 heteroatoms. The Morgan fingerprint density at radius 3 is 2.26 bits per heavy atom. The summed E-state index contributed by atoms with van der Waals surface area (Å²) in [4.78, 5) is 12.0. The number of sulfonamides is 1. The van der Waals surface area contributed by atoms with Crippen LogP contribution in [0.2, 0.25) is 10.0 Å². The lowest BCUT2D eigenvalue weighted by molar-refractivity contribution is -0.123. The van der Waals surface area contributed by atoms with Gasteiger partial charge in [0.15, 0.2) is 6.61 Å². The van der Waals surface area contributed by atoms with Gasteiger partial charge in [-0.3, -0.25) is 9.52 Å². The summed E-state index contributed by atoms with van der Waals surface area (Å²) in [5.41, 5.74) is 2.43. The second-order valence-corrected chi connectivity index (χ2v) is 9.25. The first kappa shape index (κ1) is 22.9. The van der Waals surface area contributed by atoms with Crippen LogP contribution in [0.3, 0.4) is 0 Å². The first-order chi connectivity index (χ1) is 14.7. The largest absolute Gasteiger partial charge is 0.484 e. The van der Waals surface area contributed by atoms with Crippen molar-refractivity contribution >= 4 is 44.8 Å². The Morgan fingerprint density at radius 2 is 1.61 bits per heavy atom. The van der Waals surface area contributed by atoms with Gasteiger partial charge in [-0.15, -0.1) is 0 Å². The first-order valence-electron chi connectivity index (χ1n) is 9.26. The van der Waals surface area contributed by atoms with Crippen molar-refractivity contribution in [1.82, 2.24) is 5.32 Å². The van der Waals surface area contributed by atoms with Gasteiger partial charge in [-0.2, -0.15) is 0 Å². The van der Waals surface area contributed by atoms with Crippen molar-refractivity contribution in [2.45, 2.75) is 18.4 Å². The molecule has 0 radical (unpaired) electrons. The van der Waals surface area contributed by atoms with Crippen LogP contribution in [0.25, 0.3) is 0 Å². The summed E-state index contributed by atoms with van der Waals surface area (Å²) in [6, 6.07) is 18.0. The lowest BCUT2D eigenvalue weighted by Crippen LogP contribution is -2.28. The molecule has 0 unspecified atom stereocenters. The molecular weight excluding hydrogens is 459 g/mol. The number of carbonyl (C=O) groups excluding carboxylic acids is 1. The third-order valence-corrected chi connectivity index (χ3v) is 6.42. The van der Waals surface area contributed by atoms with Gasteiger partial charge in [0.1, 0.15) is 5.75 Å². The molecule has 0 saturated carbocycles. The summed E-state index contributed by atoms with van der Waals surface area (Å²) >= 11 is 11.8. The molecule has 3 rings (SSSR count). The molecule has 2 N–H and O–H groups in total. The van der Waals surface area contributed by atoms with Crippen molar-refractivity contribution in [1.29, 1.82) is 0 Å². The van der Waals surface area contributed by atoms with Crippen LogP contribution in [0.4, 0.5) is 5.69 Å². The van der Waals surface area contributed by atoms with E-state index in [-0.39, 0.29) is 22.4 Å². The van der Waals surface area contributed by atoms with Crippen LogP contribution in [0.1, 0.15) is 11.1 Å². The standard InChI is InChI=1S/C22H20Cl2N2O4S/c1-15-2-4-16(5-3-15)13-25-22(27)14-30-18-7-9-19(10-8-18)31(28,29)26-17-6-11-20(23)21(24)12-17/h2-12,26H,13-14H2,1H3,(H,25,27). The highest BCUT2D eigenvalue weighted by Gasteiger charge is 2.15. The van der Waals surface area contributed by atoms with Crippen molar-refractivity contribution in [3.63, 3.8) is 0 Å². The topological polar surface area (TPSA) is 84.5 Å². The summed E-state index contributed by atoms with van der Waals surface area (Å²) in [6.45, 7) is 2.22. The number of ether oxygens (including phenoxy) is 1. The molecule has 0 saturated heterocycles. The molecule has 6 nitrogen and oxygen atoms in total. The highest BCUT2D eigenvalue weighted by atomic mass is 35.5. The smallest absolute Gasteiger partial charge is 0.261 e. The van der Waals surface area contributed by atoms with Gasteiger partial charge < -0.3 is 10.1 Å². The van der Waals surface area contributed by atoms with E-state index in [9.17, 15) is 13.2 Å². The molecule has 162 valence electrons. The molecular formula is C22H20Cl2N2O4S. The number of benzene rings is 3. The molecule has 0 atom stereocenters. The average Bonchev–Trinajstić information content (AvgIpc) is 2.74. The highest BCUT2D eigenvalue weighted by molar-refractivity contribution is 7.92. The fourth-order valence-corrected chi connectivity index (χ4v) is 3.94. The fraction of sp³-hybridized carbons (Fsp3) is 0.136. The Balaban J connectivity index is 1.53. The van der Waals surface area contributed by atoms with Crippen molar-refractivity contribution in [2.75, 3.05) is 11.3 Å². The van der Waals surface area contributed by atoms with E-state index >= 15 is 0 Å². The fourth-order valence-electron chi connectivity index (χ4n) is 2.60. The second-order valence-electron chi connectivity index (χ2n) is 6.76. The van der Waals surface area contributed by atoms with Gasteiger partial charge in [-0.25, -0.2) is 8.42 Å². The third-order valence-electron chi connectivity index (χ3n) is 4.29. The Labute approximate surface area is 191 Å². The van der Waals surface area contributed by atoms with E-state index in [2.05, 4.69) is 10.0 Å². The van der Waals surface area contributed by atoms with Gasteiger partial charge in [0.25, 0.3) is 15.9 Å². The zero-order valence-corrected chi connectivity index (χ0v) is 18.9. The van der Waals surface area contributed by atoms with Crippen molar-refractivity contribution in [3.8, 4) is 5.75 Å². The maximum Gasteiger partial charge on any atom is 0.261 e. The number of hydrogen-bond acceptors (Lipinski definition) is 4. The van der Waals surface area contributed by atoms with Crippen LogP contribution in [-0.4, -0.2) is 20.9 Å². The van der Waals surface area contributed by atoms with E-state index in [0.717, 1.165) is 11.1 Å². The average molecular weight is 479 g/mol. The number of hydrogen-bond donors (Lipinski definition) is 2. The Bertz CT molecular complexity index is 1170. The van der Waals surface area contributed by atoms with E-state index in [1.54, 1.807) is 0 Å². The number of aryl methyl sites for hydroxylation is 1. The monoisotopic (exact) mass is 478 g/mol. The van der Waals surface area contributed by atoms with Gasteiger partial charge in [0, 0.05) is 6.54 Å². The van der Waals surface area contributed by atoms with E-state index in [4.69, 9.17) is 27.9 Å². The zero-order chi connectivity index (χ0) is 22.4. The predicted molar refractivity (Wildman–Crippen MR) is 122 cm³/mol. The number of carbonyl (C=O) groups is 1. The van der Waals surface area contributed by atoms with Crippen LogP contribution in [-0.2, 0) is 21.4 Å². The third kappa shape index (κ3) is 6.62. The Morgan fingerprint density at radius 1 is 0.935 bits per heavy atom. The number of rotatable bonds is 8. The van der Waals surface area contributed by atoms with Gasteiger partial charge in [-0.1, -0.05) is 53.0 Å². The van der Waals surface area contributed by atoms with Crippen molar-refractivity contribution in [3.05, 3.63) is 87.9 Å². The molecule has 0 bridgehead atoms. The quantitative estimate of drug-likeness (QED) is 0.486. The Hall–Kier alpha value is -2.74. The van der Waals surface area contributed by atoms with Crippen LogP contribution in [0.5, 0.6) is 5.75 Å². The highest BCUT2D eigenvalue weighted by Crippen LogP contribution is 2.27. The van der Waals surface area contributed by atoms with Crippen LogP contribution in [0, 0.1) is 6.92 Å². The number of anilines is 1. The van der Waals surface area contributed by atoms with Gasteiger partial charge in [0.2, 0.25) is 0 Å². The van der Waals surface area contributed by atoms with Crippen molar-refractivity contribution < 1.29 is 17.9 Å². The first-order valence-corrected chi connectivity index (χ1v) is 11.5. The molecule has 0 aromatic heterocycles. The molecule has 3 aromatic rings. The van der Waals surface area contributed by atoms with Crippen LogP contribution < -0.4 is 14.8 Å². The number of nitrogens with one attached hydrogen (secondary N) is 2. The summed E-state index contributed by atoms with van der Waals surface area (Å²) in [7, 11) is -3.82. The van der Waals surface area contributed by atoms with Gasteiger partial charge in [0.05, 0.1) is 20.6 Å². The van der Waals surface area contributed by atoms with E-state index in [1.165, 1.54) is 42.5 Å². The predicted octanol–water partition coefficient (Wildman–Crippen LogP) is 4.80. The van der Waals surface area contributed by atoms with Crippen LogP contribution >= 0.6 is 23.2 Å². The van der Waals surface area contributed by atoms with E-state index in [0.29, 0.717) is 23.0 Å². The summed E-state index contributed by atoms with van der Waals surface area (Å²) in [5, 5.41) is 3.34. The molecule has 0 fully saturated rings. The minimum Gasteiger partial charge on any atom is -0.484 e. The molecule has 0 heterocycles. The molecule has 1 amide bonds. The Kier molecular flexibility index (Phi) is 7.43. The van der Waals surface area contributed by atoms with Crippen molar-refractivity contribution in [2.24, 2.45) is 0 Å². The maximum atomic E-state index is 12.5. The number of halogens is 2. The maximum absolute atomic E-state index is 12.5. The molecule has 0 aliphatic carbocycles.